The van der Waals surface area contributed by atoms with E-state index in [1.165, 1.54) is 12.7 Å². The van der Waals surface area contributed by atoms with Gasteiger partial charge >= 0.3 is 5.97 Å². The van der Waals surface area contributed by atoms with Crippen molar-refractivity contribution in [2.45, 2.75) is 11.8 Å². The van der Waals surface area contributed by atoms with E-state index in [1.807, 2.05) is 25.2 Å². The Labute approximate surface area is 131 Å². The fourth-order valence-electron chi connectivity index (χ4n) is 3.32. The van der Waals surface area contributed by atoms with Crippen LogP contribution in [0.4, 0.5) is 0 Å². The summed E-state index contributed by atoms with van der Waals surface area (Å²) >= 11 is 0. The highest BCUT2D eigenvalue weighted by atomic mass is 16.5. The van der Waals surface area contributed by atoms with Gasteiger partial charge in [0.2, 0.25) is 0 Å². The van der Waals surface area contributed by atoms with Gasteiger partial charge < -0.3 is 10.1 Å². The third kappa shape index (κ3) is 2.42. The number of hydrogen-bond acceptors (Lipinski definition) is 3. The second-order valence-corrected chi connectivity index (χ2v) is 5.87. The fourth-order valence-corrected chi connectivity index (χ4v) is 3.32. The summed E-state index contributed by atoms with van der Waals surface area (Å²) in [5.41, 5.74) is 2.94. The Morgan fingerprint density at radius 3 is 2.36 bits per heavy atom. The van der Waals surface area contributed by atoms with Crippen molar-refractivity contribution in [3.63, 3.8) is 0 Å². The molecule has 1 fully saturated rings. The van der Waals surface area contributed by atoms with Gasteiger partial charge in [-0.05, 0) is 42.6 Å². The zero-order valence-electron chi connectivity index (χ0n) is 13.0. The summed E-state index contributed by atoms with van der Waals surface area (Å²) in [6, 6.07) is 18.6. The van der Waals surface area contributed by atoms with Crippen molar-refractivity contribution < 1.29 is 9.53 Å². The molecule has 1 saturated carbocycles. The summed E-state index contributed by atoms with van der Waals surface area (Å²) in [6.45, 7) is 0.829. The molecule has 1 aliphatic rings. The number of hydrogen-bond donors (Lipinski definition) is 1. The molecule has 3 rings (SSSR count). The molecule has 22 heavy (non-hydrogen) atoms. The van der Waals surface area contributed by atoms with Gasteiger partial charge in [-0.15, -0.1) is 0 Å². The highest BCUT2D eigenvalue weighted by Gasteiger charge is 2.61. The predicted molar refractivity (Wildman–Crippen MR) is 87.6 cm³/mol. The summed E-state index contributed by atoms with van der Waals surface area (Å²) < 4.78 is 5.06. The minimum atomic E-state index is -0.465. The van der Waals surface area contributed by atoms with E-state index in [1.54, 1.807) is 0 Å². The maximum Gasteiger partial charge on any atom is 0.316 e. The van der Waals surface area contributed by atoms with Crippen LogP contribution in [0.5, 0.6) is 0 Å². The summed E-state index contributed by atoms with van der Waals surface area (Å²) in [4.78, 5) is 12.3. The highest BCUT2D eigenvalue weighted by molar-refractivity contribution is 5.87. The first-order valence-corrected chi connectivity index (χ1v) is 7.61. The summed E-state index contributed by atoms with van der Waals surface area (Å²) in [5.74, 6) is 0.188. The number of nitrogens with one attached hydrogen (secondary N) is 1. The number of carbonyl (C=O) groups is 1. The van der Waals surface area contributed by atoms with Gasteiger partial charge in [0.25, 0.3) is 0 Å². The maximum absolute atomic E-state index is 12.3. The van der Waals surface area contributed by atoms with Crippen molar-refractivity contribution in [1.29, 1.82) is 0 Å². The molecule has 0 aromatic heterocycles. The van der Waals surface area contributed by atoms with Crippen LogP contribution in [0.2, 0.25) is 0 Å². The quantitative estimate of drug-likeness (QED) is 0.862. The Balaban J connectivity index is 1.90. The average molecular weight is 295 g/mol. The van der Waals surface area contributed by atoms with Crippen molar-refractivity contribution in [1.82, 2.24) is 5.32 Å². The van der Waals surface area contributed by atoms with Gasteiger partial charge in [0.1, 0.15) is 0 Å². The summed E-state index contributed by atoms with van der Waals surface area (Å²) in [7, 11) is 3.38. The molecular formula is C19H21NO2. The van der Waals surface area contributed by atoms with Crippen molar-refractivity contribution >= 4 is 5.97 Å². The third-order valence-corrected chi connectivity index (χ3v) is 4.61. The van der Waals surface area contributed by atoms with Gasteiger partial charge in [0.15, 0.2) is 0 Å². The lowest BCUT2D eigenvalue weighted by molar-refractivity contribution is -0.144. The van der Waals surface area contributed by atoms with Crippen LogP contribution in [-0.4, -0.2) is 26.7 Å². The fraction of sp³-hybridized carbons (Fsp3) is 0.316. The molecule has 0 saturated heterocycles. The minimum absolute atomic E-state index is 0.125. The van der Waals surface area contributed by atoms with Crippen molar-refractivity contribution in [3.8, 4) is 11.1 Å². The molecule has 0 spiro atoms. The Bertz CT molecular complexity index is 651. The standard InChI is InChI=1S/C19H21NO2/c1-20-13-17-12-19(17,18(21)22-2)16-10-8-15(9-11-16)14-6-4-3-5-7-14/h3-11,17,20H,12-13H2,1-2H3. The smallest absolute Gasteiger partial charge is 0.316 e. The van der Waals surface area contributed by atoms with Crippen molar-refractivity contribution in [3.05, 3.63) is 60.2 Å². The molecular weight excluding hydrogens is 274 g/mol. The first-order valence-electron chi connectivity index (χ1n) is 7.61. The zero-order valence-corrected chi connectivity index (χ0v) is 13.0. The SMILES string of the molecule is CNCC1CC1(C(=O)OC)c1ccc(-c2ccccc2)cc1. The Hall–Kier alpha value is -2.13. The predicted octanol–water partition coefficient (Wildman–Crippen LogP) is 3.00. The largest absolute Gasteiger partial charge is 0.468 e. The lowest BCUT2D eigenvalue weighted by Gasteiger charge is -2.16. The van der Waals surface area contributed by atoms with E-state index in [0.29, 0.717) is 5.92 Å². The summed E-state index contributed by atoms with van der Waals surface area (Å²) in [5, 5.41) is 3.16. The molecule has 2 unspecified atom stereocenters. The molecule has 2 aromatic carbocycles. The van der Waals surface area contributed by atoms with Crippen LogP contribution in [0, 0.1) is 5.92 Å². The first kappa shape index (κ1) is 14.8. The Morgan fingerprint density at radius 1 is 1.14 bits per heavy atom. The second kappa shape index (κ2) is 5.93. The second-order valence-electron chi connectivity index (χ2n) is 5.87. The van der Waals surface area contributed by atoms with Crippen LogP contribution in [-0.2, 0) is 14.9 Å². The molecule has 0 heterocycles. The zero-order chi connectivity index (χ0) is 15.6. The van der Waals surface area contributed by atoms with E-state index in [2.05, 4.69) is 41.7 Å². The molecule has 2 atom stereocenters. The molecule has 3 heteroatoms. The molecule has 1 aliphatic carbocycles. The normalized spacial score (nSPS) is 23.1. The van der Waals surface area contributed by atoms with Crippen LogP contribution < -0.4 is 5.32 Å². The monoisotopic (exact) mass is 295 g/mol. The highest BCUT2D eigenvalue weighted by Crippen LogP contribution is 2.55. The van der Waals surface area contributed by atoms with Crippen molar-refractivity contribution in [2.24, 2.45) is 5.92 Å². The molecule has 3 nitrogen and oxygen atoms in total. The molecule has 0 radical (unpaired) electrons. The van der Waals surface area contributed by atoms with Crippen LogP contribution in [0.1, 0.15) is 12.0 Å². The lowest BCUT2D eigenvalue weighted by atomic mass is 9.91. The molecule has 0 aliphatic heterocycles. The number of carbonyl (C=O) groups excluding carboxylic acids is 1. The average Bonchev–Trinajstić information content (AvgIpc) is 3.31. The number of rotatable bonds is 5. The lowest BCUT2D eigenvalue weighted by Crippen LogP contribution is -2.27. The molecule has 0 amide bonds. The topological polar surface area (TPSA) is 38.3 Å². The molecule has 114 valence electrons. The van der Waals surface area contributed by atoms with Crippen LogP contribution in [0.15, 0.2) is 54.6 Å². The van der Waals surface area contributed by atoms with E-state index in [0.717, 1.165) is 24.1 Å². The van der Waals surface area contributed by atoms with Crippen molar-refractivity contribution in [2.75, 3.05) is 20.7 Å². The van der Waals surface area contributed by atoms with E-state index in [4.69, 9.17) is 4.74 Å². The Kier molecular flexibility index (Phi) is 3.99. The van der Waals surface area contributed by atoms with E-state index < -0.39 is 5.41 Å². The number of esters is 1. The molecule has 0 bridgehead atoms. The maximum atomic E-state index is 12.3. The van der Waals surface area contributed by atoms with Gasteiger partial charge in [0, 0.05) is 0 Å². The van der Waals surface area contributed by atoms with Gasteiger partial charge in [0.05, 0.1) is 12.5 Å². The molecule has 1 N–H and O–H groups in total. The van der Waals surface area contributed by atoms with Crippen LogP contribution in [0.25, 0.3) is 11.1 Å². The van der Waals surface area contributed by atoms with Gasteiger partial charge in [-0.2, -0.15) is 0 Å². The number of ether oxygens (including phenoxy) is 1. The van der Waals surface area contributed by atoms with Gasteiger partial charge in [-0.1, -0.05) is 54.6 Å². The van der Waals surface area contributed by atoms with E-state index >= 15 is 0 Å². The third-order valence-electron chi connectivity index (χ3n) is 4.61. The van der Waals surface area contributed by atoms with Gasteiger partial charge in [-0.25, -0.2) is 0 Å². The number of benzene rings is 2. The number of methoxy groups -OCH3 is 1. The Morgan fingerprint density at radius 2 is 1.77 bits per heavy atom. The van der Waals surface area contributed by atoms with E-state index in [-0.39, 0.29) is 5.97 Å². The molecule has 2 aromatic rings. The van der Waals surface area contributed by atoms with Gasteiger partial charge in [-0.3, -0.25) is 4.79 Å². The summed E-state index contributed by atoms with van der Waals surface area (Å²) in [6.07, 6.45) is 0.852. The van der Waals surface area contributed by atoms with Crippen LogP contribution in [0.3, 0.4) is 0 Å². The van der Waals surface area contributed by atoms with E-state index in [9.17, 15) is 4.79 Å². The minimum Gasteiger partial charge on any atom is -0.468 e. The first-order chi connectivity index (χ1) is 10.7. The van der Waals surface area contributed by atoms with Crippen LogP contribution >= 0.6 is 0 Å².